The van der Waals surface area contributed by atoms with E-state index in [-0.39, 0.29) is 5.91 Å². The molecule has 1 saturated heterocycles. The number of rotatable bonds is 7. The van der Waals surface area contributed by atoms with E-state index in [0.717, 1.165) is 6.42 Å². The number of nitrogens with one attached hydrogen (secondary N) is 1. The van der Waals surface area contributed by atoms with Gasteiger partial charge in [-0.3, -0.25) is 9.59 Å². The van der Waals surface area contributed by atoms with E-state index < -0.39 is 43.2 Å². The molecule has 0 aliphatic carbocycles. The first-order valence-corrected chi connectivity index (χ1v) is 7.76. The number of carbonyl (C=O) groups excluding carboxylic acids is 2. The first kappa shape index (κ1) is 19.8. The molecule has 1 aliphatic heterocycles. The molecule has 0 spiro atoms. The van der Waals surface area contributed by atoms with Crippen LogP contribution in [0.3, 0.4) is 0 Å². The molecular weight excluding hydrogens is 306 g/mol. The summed E-state index contributed by atoms with van der Waals surface area (Å²) in [4.78, 5) is 22.7. The van der Waals surface area contributed by atoms with Gasteiger partial charge >= 0.3 is 5.97 Å². The number of hydrogen-bond donors (Lipinski definition) is 3. The summed E-state index contributed by atoms with van der Waals surface area (Å²) >= 11 is 0. The minimum Gasteiger partial charge on any atom is -0.457 e. The van der Waals surface area contributed by atoms with Gasteiger partial charge in [0.2, 0.25) is 5.91 Å². The highest BCUT2D eigenvalue weighted by Crippen LogP contribution is 2.25. The van der Waals surface area contributed by atoms with Crippen LogP contribution in [0.5, 0.6) is 0 Å². The maximum Gasteiger partial charge on any atom is 0.303 e. The summed E-state index contributed by atoms with van der Waals surface area (Å²) in [6.07, 6.45) is -3.45. The van der Waals surface area contributed by atoms with E-state index in [1.165, 1.54) is 13.8 Å². The van der Waals surface area contributed by atoms with Crippen LogP contribution in [0, 0.1) is 5.92 Å². The average Bonchev–Trinajstić information content (AvgIpc) is 2.43. The van der Waals surface area contributed by atoms with Gasteiger partial charge in [-0.25, -0.2) is 0 Å². The van der Waals surface area contributed by atoms with Crippen LogP contribution in [-0.2, 0) is 23.8 Å². The number of carbonyl (C=O) groups is 2. The van der Waals surface area contributed by atoms with Crippen LogP contribution in [-0.4, -0.2) is 65.9 Å². The Kier molecular flexibility index (Phi) is 7.90. The number of amides is 1. The number of aliphatic hydroxyl groups excluding tert-OH is 2. The van der Waals surface area contributed by atoms with Crippen LogP contribution in [0.4, 0.5) is 0 Å². The molecule has 0 aromatic heterocycles. The summed E-state index contributed by atoms with van der Waals surface area (Å²) in [6, 6.07) is -0.860. The van der Waals surface area contributed by atoms with E-state index in [4.69, 9.17) is 14.2 Å². The standard InChI is InChI=1S/C15H27NO7/c1-8(2)5-6-21-15-12(16-9(3)18)14(22-10(4)19)13(20)11(7-17)23-15/h8,11-15,17,20H,5-7H2,1-4H3,(H,16,18). The average molecular weight is 333 g/mol. The third-order valence-corrected chi connectivity index (χ3v) is 3.50. The summed E-state index contributed by atoms with van der Waals surface area (Å²) in [7, 11) is 0. The Balaban J connectivity index is 2.92. The van der Waals surface area contributed by atoms with Crippen molar-refractivity contribution in [2.75, 3.05) is 13.2 Å². The van der Waals surface area contributed by atoms with Gasteiger partial charge < -0.3 is 29.7 Å². The third kappa shape index (κ3) is 6.06. The summed E-state index contributed by atoms with van der Waals surface area (Å²) in [5, 5.41) is 22.2. The Bertz CT molecular complexity index is 401. The van der Waals surface area contributed by atoms with Gasteiger partial charge in [-0.05, 0) is 12.3 Å². The Morgan fingerprint density at radius 2 is 1.96 bits per heavy atom. The fourth-order valence-electron chi connectivity index (χ4n) is 2.35. The number of esters is 1. The van der Waals surface area contributed by atoms with Crippen LogP contribution in [0.1, 0.15) is 34.1 Å². The lowest BCUT2D eigenvalue weighted by molar-refractivity contribution is -0.273. The fraction of sp³-hybridized carbons (Fsp3) is 0.867. The van der Waals surface area contributed by atoms with Crippen LogP contribution in [0.2, 0.25) is 0 Å². The molecule has 3 N–H and O–H groups in total. The summed E-state index contributed by atoms with van der Waals surface area (Å²) in [5.41, 5.74) is 0. The lowest BCUT2D eigenvalue weighted by Gasteiger charge is -2.43. The number of ether oxygens (including phenoxy) is 3. The van der Waals surface area contributed by atoms with Crippen molar-refractivity contribution in [2.45, 2.75) is 64.8 Å². The molecular formula is C15H27NO7. The van der Waals surface area contributed by atoms with Gasteiger partial charge in [0.15, 0.2) is 12.4 Å². The second kappa shape index (κ2) is 9.17. The first-order valence-electron chi connectivity index (χ1n) is 7.76. The zero-order valence-corrected chi connectivity index (χ0v) is 14.0. The summed E-state index contributed by atoms with van der Waals surface area (Å²) < 4.78 is 16.3. The van der Waals surface area contributed by atoms with Crippen molar-refractivity contribution in [3.63, 3.8) is 0 Å². The SMILES string of the molecule is CC(=O)NC1C(OCCC(C)C)OC(CO)C(O)C1OC(C)=O. The molecule has 0 aromatic rings. The molecule has 8 heteroatoms. The molecule has 0 bridgehead atoms. The summed E-state index contributed by atoms with van der Waals surface area (Å²) in [6.45, 7) is 6.50. The second-order valence-corrected chi connectivity index (χ2v) is 6.07. The van der Waals surface area contributed by atoms with Gasteiger partial charge in [0.1, 0.15) is 18.2 Å². The van der Waals surface area contributed by atoms with E-state index in [9.17, 15) is 19.8 Å². The highest BCUT2D eigenvalue weighted by atomic mass is 16.7. The lowest BCUT2D eigenvalue weighted by atomic mass is 9.96. The molecule has 1 amide bonds. The van der Waals surface area contributed by atoms with Crippen LogP contribution < -0.4 is 5.32 Å². The van der Waals surface area contributed by atoms with Crippen molar-refractivity contribution in [3.05, 3.63) is 0 Å². The van der Waals surface area contributed by atoms with Gasteiger partial charge in [-0.1, -0.05) is 13.8 Å². The predicted octanol–water partition coefficient (Wildman–Crippen LogP) is -0.436. The molecule has 0 aromatic carbocycles. The van der Waals surface area contributed by atoms with Gasteiger partial charge in [0, 0.05) is 13.8 Å². The molecule has 5 unspecified atom stereocenters. The first-order chi connectivity index (χ1) is 10.8. The maximum absolute atomic E-state index is 11.4. The van der Waals surface area contributed by atoms with Crippen molar-refractivity contribution in [2.24, 2.45) is 5.92 Å². The monoisotopic (exact) mass is 333 g/mol. The highest BCUT2D eigenvalue weighted by Gasteiger charge is 2.48. The molecule has 134 valence electrons. The zero-order chi connectivity index (χ0) is 17.6. The topological polar surface area (TPSA) is 114 Å². The van der Waals surface area contributed by atoms with E-state index in [1.807, 2.05) is 13.8 Å². The minimum absolute atomic E-state index is 0.372. The van der Waals surface area contributed by atoms with Gasteiger partial charge in [0.05, 0.1) is 13.2 Å². The molecule has 8 nitrogen and oxygen atoms in total. The van der Waals surface area contributed by atoms with E-state index in [1.54, 1.807) is 0 Å². The van der Waals surface area contributed by atoms with Crippen LogP contribution in [0.25, 0.3) is 0 Å². The highest BCUT2D eigenvalue weighted by molar-refractivity contribution is 5.73. The largest absolute Gasteiger partial charge is 0.457 e. The number of hydrogen-bond acceptors (Lipinski definition) is 7. The molecule has 0 saturated carbocycles. The molecule has 1 rings (SSSR count). The number of aliphatic hydroxyl groups is 2. The Hall–Kier alpha value is -1.22. The molecule has 23 heavy (non-hydrogen) atoms. The molecule has 5 atom stereocenters. The molecule has 1 heterocycles. The minimum atomic E-state index is -1.27. The predicted molar refractivity (Wildman–Crippen MR) is 80.3 cm³/mol. The quantitative estimate of drug-likeness (QED) is 0.541. The van der Waals surface area contributed by atoms with E-state index >= 15 is 0 Å². The van der Waals surface area contributed by atoms with Gasteiger partial charge in [-0.15, -0.1) is 0 Å². The van der Waals surface area contributed by atoms with Crippen molar-refractivity contribution in [3.8, 4) is 0 Å². The Morgan fingerprint density at radius 3 is 2.43 bits per heavy atom. The van der Waals surface area contributed by atoms with Crippen molar-refractivity contribution in [1.82, 2.24) is 5.32 Å². The maximum atomic E-state index is 11.4. The lowest BCUT2D eigenvalue weighted by Crippen LogP contribution is -2.65. The van der Waals surface area contributed by atoms with Crippen molar-refractivity contribution in [1.29, 1.82) is 0 Å². The smallest absolute Gasteiger partial charge is 0.303 e. The van der Waals surface area contributed by atoms with E-state index in [0.29, 0.717) is 12.5 Å². The van der Waals surface area contributed by atoms with Crippen LogP contribution >= 0.6 is 0 Å². The Labute approximate surface area is 136 Å². The normalized spacial score (nSPS) is 31.0. The molecule has 0 radical (unpaired) electrons. The van der Waals surface area contributed by atoms with Crippen molar-refractivity contribution >= 4 is 11.9 Å². The third-order valence-electron chi connectivity index (χ3n) is 3.50. The van der Waals surface area contributed by atoms with Crippen LogP contribution in [0.15, 0.2) is 0 Å². The molecule has 1 aliphatic rings. The molecule has 1 fully saturated rings. The van der Waals surface area contributed by atoms with Gasteiger partial charge in [0.25, 0.3) is 0 Å². The van der Waals surface area contributed by atoms with Gasteiger partial charge in [-0.2, -0.15) is 0 Å². The van der Waals surface area contributed by atoms with Crippen molar-refractivity contribution < 1.29 is 34.0 Å². The Morgan fingerprint density at radius 1 is 1.30 bits per heavy atom. The second-order valence-electron chi connectivity index (χ2n) is 6.07. The fourth-order valence-corrected chi connectivity index (χ4v) is 2.35. The summed E-state index contributed by atoms with van der Waals surface area (Å²) in [5.74, 6) is -0.562. The van der Waals surface area contributed by atoms with E-state index in [2.05, 4.69) is 5.32 Å². The zero-order valence-electron chi connectivity index (χ0n) is 14.0.